The van der Waals surface area contributed by atoms with E-state index in [0.29, 0.717) is 16.9 Å². The van der Waals surface area contributed by atoms with E-state index in [1.165, 1.54) is 18.2 Å². The van der Waals surface area contributed by atoms with E-state index in [0.717, 1.165) is 5.56 Å². The van der Waals surface area contributed by atoms with Gasteiger partial charge in [0.25, 0.3) is 5.91 Å². The summed E-state index contributed by atoms with van der Waals surface area (Å²) in [5.41, 5.74) is 13.3. The topological polar surface area (TPSA) is 81.1 Å². The lowest BCUT2D eigenvalue weighted by atomic mass is 10.1. The van der Waals surface area contributed by atoms with Gasteiger partial charge in [-0.2, -0.15) is 0 Å². The number of nitrogens with two attached hydrogens (primary N) is 2. The molecule has 0 saturated heterocycles. The van der Waals surface area contributed by atoms with Crippen LogP contribution in [0.5, 0.6) is 0 Å². The summed E-state index contributed by atoms with van der Waals surface area (Å²) in [6.07, 6.45) is 0. The summed E-state index contributed by atoms with van der Waals surface area (Å²) in [4.78, 5) is 11.4. The predicted octanol–water partition coefficient (Wildman–Crippen LogP) is 2.68. The van der Waals surface area contributed by atoms with Crippen molar-refractivity contribution in [3.63, 3.8) is 0 Å². The largest absolute Gasteiger partial charge is 0.399 e. The molecule has 104 valence electrons. The first-order valence-corrected chi connectivity index (χ1v) is 6.18. The highest BCUT2D eigenvalue weighted by molar-refractivity contribution is 5.99. The first kappa shape index (κ1) is 13.9. The van der Waals surface area contributed by atoms with Crippen molar-refractivity contribution >= 4 is 17.3 Å². The van der Waals surface area contributed by atoms with Crippen molar-refractivity contribution < 1.29 is 9.18 Å². The fourth-order valence-corrected chi connectivity index (χ4v) is 1.96. The fraction of sp³-hybridized carbons (Fsp3) is 0.133. The van der Waals surface area contributed by atoms with E-state index in [1.54, 1.807) is 24.3 Å². The highest BCUT2D eigenvalue weighted by atomic mass is 19.1. The molecule has 0 aromatic heterocycles. The summed E-state index contributed by atoms with van der Waals surface area (Å²) >= 11 is 0. The minimum atomic E-state index is -0.550. The molecule has 1 amide bonds. The molecule has 0 heterocycles. The highest BCUT2D eigenvalue weighted by Gasteiger charge is 2.12. The smallest absolute Gasteiger partial charge is 0.250 e. The molecule has 5 N–H and O–H groups in total. The number of anilines is 2. The molecular weight excluding hydrogens is 257 g/mol. The summed E-state index contributed by atoms with van der Waals surface area (Å²) < 4.78 is 12.9. The second kappa shape index (κ2) is 5.61. The molecule has 0 saturated carbocycles. The fourth-order valence-electron chi connectivity index (χ4n) is 1.96. The zero-order chi connectivity index (χ0) is 14.7. The van der Waals surface area contributed by atoms with Gasteiger partial charge in [-0.25, -0.2) is 4.39 Å². The minimum absolute atomic E-state index is 0.0997. The van der Waals surface area contributed by atoms with Crippen LogP contribution in [0, 0.1) is 5.82 Å². The molecule has 0 radical (unpaired) electrons. The van der Waals surface area contributed by atoms with Gasteiger partial charge in [0, 0.05) is 17.4 Å². The Labute approximate surface area is 116 Å². The monoisotopic (exact) mass is 273 g/mol. The number of hydrogen-bond acceptors (Lipinski definition) is 3. The van der Waals surface area contributed by atoms with Gasteiger partial charge in [-0.05, 0) is 42.8 Å². The molecule has 2 aromatic rings. The first-order chi connectivity index (χ1) is 9.47. The molecule has 0 fully saturated rings. The average Bonchev–Trinajstić information content (AvgIpc) is 2.41. The lowest BCUT2D eigenvalue weighted by Crippen LogP contribution is -2.16. The van der Waals surface area contributed by atoms with Crippen LogP contribution >= 0.6 is 0 Å². The van der Waals surface area contributed by atoms with Gasteiger partial charge in [0.15, 0.2) is 0 Å². The number of halogens is 1. The SMILES string of the molecule is CC(Nc1ccc(N)cc1C(N)=O)c1ccc(F)cc1. The minimum Gasteiger partial charge on any atom is -0.399 e. The van der Waals surface area contributed by atoms with Gasteiger partial charge in [0.2, 0.25) is 0 Å². The van der Waals surface area contributed by atoms with Crippen molar-refractivity contribution in [2.45, 2.75) is 13.0 Å². The number of primary amides is 1. The van der Waals surface area contributed by atoms with Crippen LogP contribution in [-0.4, -0.2) is 5.91 Å². The summed E-state index contributed by atoms with van der Waals surface area (Å²) in [7, 11) is 0. The maximum atomic E-state index is 12.9. The zero-order valence-electron chi connectivity index (χ0n) is 11.1. The van der Waals surface area contributed by atoms with Gasteiger partial charge in [0.1, 0.15) is 5.82 Å². The van der Waals surface area contributed by atoms with Crippen LogP contribution in [0.1, 0.15) is 28.9 Å². The maximum Gasteiger partial charge on any atom is 0.250 e. The Bertz CT molecular complexity index is 626. The first-order valence-electron chi connectivity index (χ1n) is 6.18. The number of nitrogen functional groups attached to an aromatic ring is 1. The van der Waals surface area contributed by atoms with Crippen molar-refractivity contribution in [3.8, 4) is 0 Å². The molecule has 0 bridgehead atoms. The lowest BCUT2D eigenvalue weighted by molar-refractivity contribution is 0.100. The summed E-state index contributed by atoms with van der Waals surface area (Å²) in [5, 5.41) is 3.18. The van der Waals surface area contributed by atoms with E-state index in [1.807, 2.05) is 6.92 Å². The number of hydrogen-bond donors (Lipinski definition) is 3. The predicted molar refractivity (Wildman–Crippen MR) is 77.8 cm³/mol. The Morgan fingerprint density at radius 1 is 1.20 bits per heavy atom. The molecular formula is C15H16FN3O. The number of rotatable bonds is 4. The van der Waals surface area contributed by atoms with Crippen molar-refractivity contribution in [3.05, 3.63) is 59.4 Å². The van der Waals surface area contributed by atoms with Gasteiger partial charge in [-0.1, -0.05) is 12.1 Å². The van der Waals surface area contributed by atoms with Gasteiger partial charge in [0.05, 0.1) is 5.56 Å². The van der Waals surface area contributed by atoms with E-state index < -0.39 is 5.91 Å². The third-order valence-corrected chi connectivity index (χ3v) is 3.05. The number of nitrogens with one attached hydrogen (secondary N) is 1. The second-order valence-corrected chi connectivity index (χ2v) is 4.59. The quantitative estimate of drug-likeness (QED) is 0.749. The Balaban J connectivity index is 2.25. The van der Waals surface area contributed by atoms with Crippen LogP contribution in [-0.2, 0) is 0 Å². The van der Waals surface area contributed by atoms with Gasteiger partial charge in [-0.3, -0.25) is 4.79 Å². The number of benzene rings is 2. The van der Waals surface area contributed by atoms with E-state index in [4.69, 9.17) is 11.5 Å². The molecule has 0 spiro atoms. The van der Waals surface area contributed by atoms with Gasteiger partial charge >= 0.3 is 0 Å². The third kappa shape index (κ3) is 3.06. The molecule has 5 heteroatoms. The maximum absolute atomic E-state index is 12.9. The van der Waals surface area contributed by atoms with Crippen LogP contribution in [0.3, 0.4) is 0 Å². The van der Waals surface area contributed by atoms with E-state index >= 15 is 0 Å². The van der Waals surface area contributed by atoms with E-state index in [2.05, 4.69) is 5.32 Å². The molecule has 0 aliphatic carbocycles. The van der Waals surface area contributed by atoms with Gasteiger partial charge in [-0.15, -0.1) is 0 Å². The van der Waals surface area contributed by atoms with Crippen LogP contribution in [0.4, 0.5) is 15.8 Å². The molecule has 2 aromatic carbocycles. The van der Waals surface area contributed by atoms with Crippen LogP contribution in [0.2, 0.25) is 0 Å². The second-order valence-electron chi connectivity index (χ2n) is 4.59. The standard InChI is InChI=1S/C15H16FN3O/c1-9(10-2-4-11(16)5-3-10)19-14-7-6-12(17)8-13(14)15(18)20/h2-9,19H,17H2,1H3,(H2,18,20). The molecule has 1 atom stereocenters. The van der Waals surface area contributed by atoms with Crippen LogP contribution < -0.4 is 16.8 Å². The van der Waals surface area contributed by atoms with Crippen LogP contribution in [0.25, 0.3) is 0 Å². The van der Waals surface area contributed by atoms with Crippen molar-refractivity contribution in [2.75, 3.05) is 11.1 Å². The average molecular weight is 273 g/mol. The number of carbonyl (C=O) groups is 1. The molecule has 4 nitrogen and oxygen atoms in total. The summed E-state index contributed by atoms with van der Waals surface area (Å²) in [6.45, 7) is 1.91. The molecule has 2 rings (SSSR count). The molecule has 0 aliphatic heterocycles. The Morgan fingerprint density at radius 2 is 1.85 bits per heavy atom. The number of amides is 1. The lowest BCUT2D eigenvalue weighted by Gasteiger charge is -2.18. The zero-order valence-corrected chi connectivity index (χ0v) is 11.1. The third-order valence-electron chi connectivity index (χ3n) is 3.05. The molecule has 0 aliphatic rings. The molecule has 20 heavy (non-hydrogen) atoms. The Morgan fingerprint density at radius 3 is 2.45 bits per heavy atom. The van der Waals surface area contributed by atoms with E-state index in [-0.39, 0.29) is 11.9 Å². The van der Waals surface area contributed by atoms with Gasteiger partial charge < -0.3 is 16.8 Å². The molecule has 1 unspecified atom stereocenters. The normalized spacial score (nSPS) is 11.9. The summed E-state index contributed by atoms with van der Waals surface area (Å²) in [5.74, 6) is -0.836. The summed E-state index contributed by atoms with van der Waals surface area (Å²) in [6, 6.07) is 11.0. The van der Waals surface area contributed by atoms with E-state index in [9.17, 15) is 9.18 Å². The van der Waals surface area contributed by atoms with Crippen molar-refractivity contribution in [2.24, 2.45) is 5.73 Å². The van der Waals surface area contributed by atoms with Crippen molar-refractivity contribution in [1.82, 2.24) is 0 Å². The Kier molecular flexibility index (Phi) is 3.89. The Hall–Kier alpha value is -2.56. The number of carbonyl (C=O) groups excluding carboxylic acids is 1. The van der Waals surface area contributed by atoms with Crippen molar-refractivity contribution in [1.29, 1.82) is 0 Å². The van der Waals surface area contributed by atoms with Crippen LogP contribution in [0.15, 0.2) is 42.5 Å². The highest BCUT2D eigenvalue weighted by Crippen LogP contribution is 2.24.